The van der Waals surface area contributed by atoms with Crippen molar-refractivity contribution in [2.75, 3.05) is 12.9 Å². The molecule has 2 rings (SSSR count). The Kier molecular flexibility index (Phi) is 4.15. The predicted octanol–water partition coefficient (Wildman–Crippen LogP) is 2.34. The molecule has 0 saturated carbocycles. The van der Waals surface area contributed by atoms with E-state index in [-0.39, 0.29) is 17.3 Å². The molecule has 1 aliphatic rings. The maximum Gasteiger partial charge on any atom is 0.374 e. The molecule has 6 heteroatoms. The summed E-state index contributed by atoms with van der Waals surface area (Å²) in [6.07, 6.45) is 2.68. The summed E-state index contributed by atoms with van der Waals surface area (Å²) in [5.74, 6) is -0.397. The third-order valence-corrected chi connectivity index (χ3v) is 4.41. The van der Waals surface area contributed by atoms with Gasteiger partial charge in [0.25, 0.3) is 0 Å². The molecule has 5 nitrogen and oxygen atoms in total. The summed E-state index contributed by atoms with van der Waals surface area (Å²) in [6, 6.07) is 6.29. The van der Waals surface area contributed by atoms with Gasteiger partial charge in [0, 0.05) is 6.26 Å². The van der Waals surface area contributed by atoms with Gasteiger partial charge in [0.1, 0.15) is 12.2 Å². The topological polar surface area (TPSA) is 69.7 Å². The van der Waals surface area contributed by atoms with Crippen LogP contribution in [0.1, 0.15) is 19.4 Å². The van der Waals surface area contributed by atoms with E-state index in [1.54, 1.807) is 26.0 Å². The van der Waals surface area contributed by atoms with Gasteiger partial charge in [-0.3, -0.25) is 0 Å². The fourth-order valence-electron chi connectivity index (χ4n) is 2.33. The minimum atomic E-state index is -3.27. The van der Waals surface area contributed by atoms with Gasteiger partial charge in [0.2, 0.25) is 5.76 Å². The van der Waals surface area contributed by atoms with Crippen LogP contribution in [0.5, 0.6) is 0 Å². The number of ether oxygens (including phenoxy) is 2. The number of sulfone groups is 1. The van der Waals surface area contributed by atoms with Crippen molar-refractivity contribution in [2.45, 2.75) is 24.3 Å². The van der Waals surface area contributed by atoms with E-state index < -0.39 is 21.4 Å². The molecular weight excluding hydrogens is 304 g/mol. The van der Waals surface area contributed by atoms with Crippen LogP contribution in [-0.4, -0.2) is 32.9 Å². The number of esters is 1. The van der Waals surface area contributed by atoms with E-state index in [0.717, 1.165) is 6.26 Å². The van der Waals surface area contributed by atoms with Crippen molar-refractivity contribution in [3.05, 3.63) is 48.2 Å². The minimum Gasteiger partial charge on any atom is -0.482 e. The number of rotatable bonds is 5. The van der Waals surface area contributed by atoms with Crippen molar-refractivity contribution < 1.29 is 22.7 Å². The molecule has 0 aromatic heterocycles. The first kappa shape index (κ1) is 16.3. The normalized spacial score (nSPS) is 17.3. The van der Waals surface area contributed by atoms with Crippen molar-refractivity contribution in [3.8, 4) is 0 Å². The smallest absolute Gasteiger partial charge is 0.374 e. The van der Waals surface area contributed by atoms with Crippen molar-refractivity contribution in [1.82, 2.24) is 0 Å². The second-order valence-electron chi connectivity index (χ2n) is 5.50. The molecule has 0 saturated heterocycles. The Labute approximate surface area is 130 Å². The summed E-state index contributed by atoms with van der Waals surface area (Å²) in [5.41, 5.74) is 0.432. The van der Waals surface area contributed by atoms with E-state index >= 15 is 0 Å². The summed E-state index contributed by atoms with van der Waals surface area (Å²) in [5, 5.41) is 0. The second-order valence-corrected chi connectivity index (χ2v) is 7.52. The summed E-state index contributed by atoms with van der Waals surface area (Å²) in [7, 11) is -3.27. The quantitative estimate of drug-likeness (QED) is 0.615. The number of carbonyl (C=O) groups excluding carboxylic acids is 1. The molecule has 22 heavy (non-hydrogen) atoms. The van der Waals surface area contributed by atoms with Crippen LogP contribution in [0.25, 0.3) is 5.57 Å². The average molecular weight is 322 g/mol. The van der Waals surface area contributed by atoms with Gasteiger partial charge >= 0.3 is 5.97 Å². The summed E-state index contributed by atoms with van der Waals surface area (Å²) >= 11 is 0. The zero-order chi connectivity index (χ0) is 16.5. The Bertz CT molecular complexity index is 739. The summed E-state index contributed by atoms with van der Waals surface area (Å²) < 4.78 is 33.8. The molecule has 0 atom stereocenters. The number of hydrogen-bond acceptors (Lipinski definition) is 5. The van der Waals surface area contributed by atoms with Crippen LogP contribution in [0.3, 0.4) is 0 Å². The molecule has 1 aromatic rings. The Morgan fingerprint density at radius 3 is 2.36 bits per heavy atom. The first-order chi connectivity index (χ1) is 10.2. The lowest BCUT2D eigenvalue weighted by Crippen LogP contribution is -2.22. The largest absolute Gasteiger partial charge is 0.482 e. The molecule has 1 heterocycles. The highest BCUT2D eigenvalue weighted by atomic mass is 32.2. The van der Waals surface area contributed by atoms with Gasteiger partial charge in [-0.15, -0.1) is 0 Å². The lowest BCUT2D eigenvalue weighted by Gasteiger charge is -2.21. The summed E-state index contributed by atoms with van der Waals surface area (Å²) in [6.45, 7) is 7.26. The van der Waals surface area contributed by atoms with Crippen LogP contribution in [0.4, 0.5) is 0 Å². The molecule has 1 aromatic carbocycles. The van der Waals surface area contributed by atoms with E-state index in [0.29, 0.717) is 11.1 Å². The van der Waals surface area contributed by atoms with E-state index in [9.17, 15) is 13.2 Å². The molecule has 0 N–H and O–H groups in total. The van der Waals surface area contributed by atoms with Crippen LogP contribution in [0.2, 0.25) is 0 Å². The van der Waals surface area contributed by atoms with Crippen LogP contribution in [-0.2, 0) is 24.1 Å². The third-order valence-electron chi connectivity index (χ3n) is 3.28. The van der Waals surface area contributed by atoms with Crippen molar-refractivity contribution in [3.63, 3.8) is 0 Å². The standard InChI is InChI=1S/C16H18O5S/c1-5-10-20-14-13(16(2,3)21-15(14)17)11-6-8-12(9-7-11)22(4,18)19/h5-9H,1,10H2,2-4H3. The molecule has 0 amide bonds. The predicted molar refractivity (Wildman–Crippen MR) is 82.8 cm³/mol. The average Bonchev–Trinajstić information content (AvgIpc) is 2.64. The fourth-order valence-corrected chi connectivity index (χ4v) is 2.96. The van der Waals surface area contributed by atoms with Gasteiger partial charge in [-0.2, -0.15) is 0 Å². The lowest BCUT2D eigenvalue weighted by molar-refractivity contribution is -0.146. The van der Waals surface area contributed by atoms with E-state index in [1.807, 2.05) is 0 Å². The molecule has 0 bridgehead atoms. The lowest BCUT2D eigenvalue weighted by atomic mass is 9.92. The molecule has 1 aliphatic heterocycles. The Hall–Kier alpha value is -2.08. The van der Waals surface area contributed by atoms with Gasteiger partial charge in [-0.25, -0.2) is 13.2 Å². The van der Waals surface area contributed by atoms with Crippen LogP contribution in [0, 0.1) is 0 Å². The van der Waals surface area contributed by atoms with Gasteiger partial charge in [-0.05, 0) is 31.5 Å². The second kappa shape index (κ2) is 5.61. The Balaban J connectivity index is 2.52. The number of carbonyl (C=O) groups is 1. The highest BCUT2D eigenvalue weighted by molar-refractivity contribution is 7.90. The molecule has 118 valence electrons. The van der Waals surface area contributed by atoms with E-state index in [4.69, 9.17) is 9.47 Å². The van der Waals surface area contributed by atoms with Gasteiger partial charge in [0.05, 0.1) is 10.5 Å². The van der Waals surface area contributed by atoms with Gasteiger partial charge in [0.15, 0.2) is 9.84 Å². The minimum absolute atomic E-state index is 0.136. The molecule has 0 unspecified atom stereocenters. The molecular formula is C16H18O5S. The first-order valence-corrected chi connectivity index (χ1v) is 8.58. The van der Waals surface area contributed by atoms with E-state index in [2.05, 4.69) is 6.58 Å². The highest BCUT2D eigenvalue weighted by Crippen LogP contribution is 2.40. The van der Waals surface area contributed by atoms with Crippen molar-refractivity contribution >= 4 is 21.4 Å². The summed E-state index contributed by atoms with van der Waals surface area (Å²) in [4.78, 5) is 12.2. The molecule has 0 radical (unpaired) electrons. The zero-order valence-electron chi connectivity index (χ0n) is 12.8. The maximum absolute atomic E-state index is 12.0. The van der Waals surface area contributed by atoms with E-state index in [1.165, 1.54) is 18.2 Å². The Morgan fingerprint density at radius 2 is 1.86 bits per heavy atom. The van der Waals surface area contributed by atoms with Crippen LogP contribution in [0.15, 0.2) is 47.6 Å². The van der Waals surface area contributed by atoms with Crippen LogP contribution < -0.4 is 0 Å². The fraction of sp³-hybridized carbons (Fsp3) is 0.312. The molecule has 0 fully saturated rings. The molecule has 0 aliphatic carbocycles. The number of hydrogen-bond donors (Lipinski definition) is 0. The van der Waals surface area contributed by atoms with Gasteiger partial charge < -0.3 is 9.47 Å². The van der Waals surface area contributed by atoms with Crippen molar-refractivity contribution in [1.29, 1.82) is 0 Å². The van der Waals surface area contributed by atoms with Crippen molar-refractivity contribution in [2.24, 2.45) is 0 Å². The maximum atomic E-state index is 12.0. The SMILES string of the molecule is C=CCOC1=C(c2ccc(S(C)(=O)=O)cc2)C(C)(C)OC1=O. The van der Waals surface area contributed by atoms with Crippen LogP contribution >= 0.6 is 0 Å². The molecule has 0 spiro atoms. The monoisotopic (exact) mass is 322 g/mol. The number of benzene rings is 1. The third kappa shape index (κ3) is 3.06. The first-order valence-electron chi connectivity index (χ1n) is 6.69. The zero-order valence-corrected chi connectivity index (χ0v) is 13.6. The number of cyclic esters (lactones) is 1. The Morgan fingerprint density at radius 1 is 1.27 bits per heavy atom. The highest BCUT2D eigenvalue weighted by Gasteiger charge is 2.42. The van der Waals surface area contributed by atoms with Gasteiger partial charge in [-0.1, -0.05) is 24.8 Å².